The first-order valence-corrected chi connectivity index (χ1v) is 4.28. The van der Waals surface area contributed by atoms with Crippen LogP contribution in [0.2, 0.25) is 0 Å². The quantitative estimate of drug-likeness (QED) is 0.720. The summed E-state index contributed by atoms with van der Waals surface area (Å²) in [5.74, 6) is 0. The molecule has 1 aliphatic heterocycles. The van der Waals surface area contributed by atoms with Crippen molar-refractivity contribution >= 4 is 0 Å². The maximum atomic E-state index is 12.0. The van der Waals surface area contributed by atoms with Gasteiger partial charge in [0.15, 0.2) is 5.72 Å². The number of ether oxygens (including phenoxy) is 1. The van der Waals surface area contributed by atoms with Crippen molar-refractivity contribution in [2.24, 2.45) is 0 Å². The second-order valence-electron chi connectivity index (χ2n) is 3.40. The lowest BCUT2D eigenvalue weighted by Crippen LogP contribution is -2.46. The third kappa shape index (κ3) is 2.73. The molecule has 1 aliphatic rings. The molecule has 86 valence electrons. The summed E-state index contributed by atoms with van der Waals surface area (Å²) in [5, 5.41) is 11.7. The average molecular weight is 222 g/mol. The maximum absolute atomic E-state index is 12.0. The Kier molecular flexibility index (Phi) is 3.11. The van der Waals surface area contributed by atoms with Crippen LogP contribution in [0.5, 0.6) is 0 Å². The molecule has 15 heavy (non-hydrogen) atoms. The maximum Gasteiger partial charge on any atom is 0.411 e. The van der Waals surface area contributed by atoms with E-state index >= 15 is 0 Å². The highest BCUT2D eigenvalue weighted by Gasteiger charge is 2.36. The Bertz CT molecular complexity index is 298. The second kappa shape index (κ2) is 3.86. The van der Waals surface area contributed by atoms with Gasteiger partial charge in [0.1, 0.15) is 6.61 Å². The first kappa shape index (κ1) is 12.1. The van der Waals surface area contributed by atoms with Crippen LogP contribution < -0.4 is 0 Å². The summed E-state index contributed by atoms with van der Waals surface area (Å²) in [5.41, 5.74) is -1.13. The molecule has 0 aliphatic carbocycles. The summed E-state index contributed by atoms with van der Waals surface area (Å²) in [7, 11) is 0. The van der Waals surface area contributed by atoms with E-state index in [1.807, 2.05) is 0 Å². The highest BCUT2D eigenvalue weighted by atomic mass is 19.4. The van der Waals surface area contributed by atoms with Crippen LogP contribution in [-0.4, -0.2) is 23.6 Å². The number of halogens is 3. The van der Waals surface area contributed by atoms with Gasteiger partial charge in [-0.25, -0.2) is 0 Å². The Labute approximate surface area is 85.4 Å². The number of hydroxylamine groups is 2. The van der Waals surface area contributed by atoms with E-state index < -0.39 is 18.5 Å². The Hall–Kier alpha value is -1.01. The highest BCUT2D eigenvalue weighted by molar-refractivity contribution is 5.25. The molecule has 1 atom stereocenters. The van der Waals surface area contributed by atoms with E-state index in [1.54, 1.807) is 13.0 Å². The fourth-order valence-corrected chi connectivity index (χ4v) is 1.14. The molecule has 0 bridgehead atoms. The smallest absolute Gasteiger partial charge is 0.411 e. The van der Waals surface area contributed by atoms with E-state index in [2.05, 4.69) is 4.74 Å². The zero-order valence-corrected chi connectivity index (χ0v) is 8.34. The zero-order valence-electron chi connectivity index (χ0n) is 8.34. The lowest BCUT2D eigenvalue weighted by Gasteiger charge is -2.47. The molecule has 0 aromatic heterocycles. The molecule has 1 unspecified atom stereocenters. The van der Waals surface area contributed by atoms with Gasteiger partial charge in [-0.2, -0.15) is 13.2 Å². The fourth-order valence-electron chi connectivity index (χ4n) is 1.14. The Morgan fingerprint density at radius 3 is 2.60 bits per heavy atom. The van der Waals surface area contributed by atoms with Crippen molar-refractivity contribution in [2.75, 3.05) is 6.61 Å². The largest absolute Gasteiger partial charge is 0.756 e. The van der Waals surface area contributed by atoms with Crippen molar-refractivity contribution in [1.82, 2.24) is 5.06 Å². The molecule has 0 saturated carbocycles. The van der Waals surface area contributed by atoms with Crippen molar-refractivity contribution < 1.29 is 17.9 Å². The monoisotopic (exact) mass is 222 g/mol. The minimum atomic E-state index is -4.44. The van der Waals surface area contributed by atoms with Gasteiger partial charge in [0, 0.05) is 0 Å². The molecule has 1 heterocycles. The first-order chi connectivity index (χ1) is 6.76. The molecular formula is C9H11F3NO2-. The van der Waals surface area contributed by atoms with Gasteiger partial charge in [0.25, 0.3) is 0 Å². The van der Waals surface area contributed by atoms with Crippen LogP contribution in [0.4, 0.5) is 13.2 Å². The van der Waals surface area contributed by atoms with Gasteiger partial charge in [0.2, 0.25) is 0 Å². The van der Waals surface area contributed by atoms with E-state index in [9.17, 15) is 18.4 Å². The number of allylic oxidation sites excluding steroid dienone is 2. The minimum absolute atomic E-state index is 0.369. The second-order valence-corrected chi connectivity index (χ2v) is 3.40. The predicted octanol–water partition coefficient (Wildman–Crippen LogP) is 2.55. The SMILES string of the molecule is CC1=CC=CN([O-])C1(C)OCC(F)(F)F. The molecule has 0 aromatic rings. The molecule has 0 aromatic carbocycles. The van der Waals surface area contributed by atoms with E-state index in [4.69, 9.17) is 0 Å². The van der Waals surface area contributed by atoms with Crippen LogP contribution in [0, 0.1) is 5.21 Å². The Balaban J connectivity index is 2.73. The van der Waals surface area contributed by atoms with Gasteiger partial charge in [-0.05, 0) is 31.7 Å². The van der Waals surface area contributed by atoms with Gasteiger partial charge in [-0.1, -0.05) is 6.08 Å². The van der Waals surface area contributed by atoms with Gasteiger partial charge < -0.3 is 15.0 Å². The fraction of sp³-hybridized carbons (Fsp3) is 0.556. The first-order valence-electron chi connectivity index (χ1n) is 4.28. The zero-order chi connectivity index (χ0) is 11.7. The molecule has 0 radical (unpaired) electrons. The molecule has 0 fully saturated rings. The molecule has 0 N–H and O–H groups in total. The molecule has 0 spiro atoms. The van der Waals surface area contributed by atoms with Crippen molar-refractivity contribution in [1.29, 1.82) is 0 Å². The van der Waals surface area contributed by atoms with E-state index in [1.165, 1.54) is 13.0 Å². The highest BCUT2D eigenvalue weighted by Crippen LogP contribution is 2.30. The van der Waals surface area contributed by atoms with Crippen molar-refractivity contribution in [2.45, 2.75) is 25.7 Å². The van der Waals surface area contributed by atoms with E-state index in [0.29, 0.717) is 10.6 Å². The summed E-state index contributed by atoms with van der Waals surface area (Å²) in [6, 6.07) is 0. The van der Waals surface area contributed by atoms with Crippen LogP contribution in [0.1, 0.15) is 13.8 Å². The van der Waals surface area contributed by atoms with Crippen LogP contribution in [0.15, 0.2) is 23.9 Å². The van der Waals surface area contributed by atoms with Crippen molar-refractivity contribution in [3.8, 4) is 0 Å². The molecule has 6 heteroatoms. The van der Waals surface area contributed by atoms with Crippen molar-refractivity contribution in [3.05, 3.63) is 29.1 Å². The van der Waals surface area contributed by atoms with E-state index in [0.717, 1.165) is 6.20 Å². The lowest BCUT2D eigenvalue weighted by atomic mass is 10.0. The number of nitrogens with zero attached hydrogens (tertiary/aromatic N) is 1. The Morgan fingerprint density at radius 1 is 1.53 bits per heavy atom. The van der Waals surface area contributed by atoms with Gasteiger partial charge in [0.05, 0.1) is 0 Å². The predicted molar refractivity (Wildman–Crippen MR) is 48.5 cm³/mol. The van der Waals surface area contributed by atoms with Crippen LogP contribution in [-0.2, 0) is 4.74 Å². The number of alkyl halides is 3. The lowest BCUT2D eigenvalue weighted by molar-refractivity contribution is -0.213. The molecular weight excluding hydrogens is 211 g/mol. The van der Waals surface area contributed by atoms with Crippen LogP contribution in [0.25, 0.3) is 0 Å². The molecule has 3 nitrogen and oxygen atoms in total. The summed E-state index contributed by atoms with van der Waals surface area (Å²) < 4.78 is 40.5. The summed E-state index contributed by atoms with van der Waals surface area (Å²) in [6.07, 6.45) is -0.305. The van der Waals surface area contributed by atoms with Crippen LogP contribution >= 0.6 is 0 Å². The average Bonchev–Trinajstić information content (AvgIpc) is 2.10. The number of rotatable bonds is 2. The summed E-state index contributed by atoms with van der Waals surface area (Å²) in [4.78, 5) is 0. The third-order valence-corrected chi connectivity index (χ3v) is 2.24. The van der Waals surface area contributed by atoms with Gasteiger partial charge >= 0.3 is 6.18 Å². The normalized spacial score (nSPS) is 26.8. The standard InChI is InChI=1S/C9H11F3NO2/c1-7-4-3-5-13(14)8(7,2)15-6-9(10,11)12/h3-5H,6H2,1-2H3/q-1. The van der Waals surface area contributed by atoms with Crippen LogP contribution in [0.3, 0.4) is 0 Å². The topological polar surface area (TPSA) is 35.5 Å². The van der Waals surface area contributed by atoms with Crippen molar-refractivity contribution in [3.63, 3.8) is 0 Å². The molecule has 0 saturated heterocycles. The Morgan fingerprint density at radius 2 is 2.13 bits per heavy atom. The van der Waals surface area contributed by atoms with Gasteiger partial charge in [-0.15, -0.1) is 0 Å². The summed E-state index contributed by atoms with van der Waals surface area (Å²) >= 11 is 0. The number of hydrogen-bond donors (Lipinski definition) is 0. The number of hydrogen-bond acceptors (Lipinski definition) is 3. The van der Waals surface area contributed by atoms with E-state index in [-0.39, 0.29) is 0 Å². The van der Waals surface area contributed by atoms with Gasteiger partial charge in [-0.3, -0.25) is 0 Å². The molecule has 0 amide bonds. The summed E-state index contributed by atoms with van der Waals surface area (Å²) in [6.45, 7) is 1.41. The molecule has 1 rings (SSSR count). The minimum Gasteiger partial charge on any atom is -0.756 e. The third-order valence-electron chi connectivity index (χ3n) is 2.24.